The summed E-state index contributed by atoms with van der Waals surface area (Å²) in [5.74, 6) is -0.653. The lowest BCUT2D eigenvalue weighted by Gasteiger charge is -2.27. The molecule has 3 aliphatic heterocycles. The highest BCUT2D eigenvalue weighted by Gasteiger charge is 2.45. The number of likely N-dealkylation sites (tertiary alicyclic amines) is 1. The van der Waals surface area contributed by atoms with Crippen LogP contribution in [0.2, 0.25) is 0 Å². The Balaban J connectivity index is 0.691. The van der Waals surface area contributed by atoms with Crippen molar-refractivity contribution < 1.29 is 42.9 Å². The maximum atomic E-state index is 13.2. The van der Waals surface area contributed by atoms with E-state index < -0.39 is 29.7 Å². The molecule has 3 aliphatic rings. The third kappa shape index (κ3) is 10.5. The van der Waals surface area contributed by atoms with E-state index in [0.29, 0.717) is 82.3 Å². The molecule has 5 aromatic rings. The predicted molar refractivity (Wildman–Crippen MR) is 238 cm³/mol. The van der Waals surface area contributed by atoms with Crippen LogP contribution in [-0.4, -0.2) is 137 Å². The summed E-state index contributed by atoms with van der Waals surface area (Å²) < 4.78 is 24.9. The zero-order valence-electron chi connectivity index (χ0n) is 35.9. The van der Waals surface area contributed by atoms with Gasteiger partial charge in [-0.3, -0.25) is 43.5 Å². The predicted octanol–water partition coefficient (Wildman–Crippen LogP) is 3.73. The molecule has 8 rings (SSSR count). The van der Waals surface area contributed by atoms with Gasteiger partial charge in [-0.25, -0.2) is 15.0 Å². The van der Waals surface area contributed by atoms with Crippen LogP contribution in [0.5, 0.6) is 0 Å². The number of nitrogen functional groups attached to an aromatic ring is 1. The lowest BCUT2D eigenvalue weighted by molar-refractivity contribution is -0.136. The summed E-state index contributed by atoms with van der Waals surface area (Å²) in [4.78, 5) is 80.1. The molecule has 1 unspecified atom stereocenters. The molecule has 2 fully saturated rings. The number of benzene rings is 2. The highest BCUT2D eigenvalue weighted by molar-refractivity contribution is 6.25. The van der Waals surface area contributed by atoms with E-state index in [1.165, 1.54) is 0 Å². The second-order valence-electron chi connectivity index (χ2n) is 15.7. The number of anilines is 3. The van der Waals surface area contributed by atoms with Crippen molar-refractivity contribution in [2.45, 2.75) is 44.2 Å². The molecule has 65 heavy (non-hydrogen) atoms. The summed E-state index contributed by atoms with van der Waals surface area (Å²) in [5, 5.41) is 8.17. The summed E-state index contributed by atoms with van der Waals surface area (Å²) in [6.07, 6.45) is 8.25. The monoisotopic (exact) mass is 888 g/mol. The van der Waals surface area contributed by atoms with Crippen LogP contribution in [0, 0.1) is 0 Å². The average Bonchev–Trinajstić information content (AvgIpc) is 4.01. The van der Waals surface area contributed by atoms with Crippen molar-refractivity contribution >= 4 is 52.4 Å². The molecule has 2 aromatic carbocycles. The molecule has 0 saturated carbocycles. The van der Waals surface area contributed by atoms with Gasteiger partial charge in [-0.2, -0.15) is 0 Å². The third-order valence-corrected chi connectivity index (χ3v) is 11.5. The number of amides is 5. The first-order valence-electron chi connectivity index (χ1n) is 21.9. The fourth-order valence-electron chi connectivity index (χ4n) is 8.37. The highest BCUT2D eigenvalue weighted by Crippen LogP contribution is 2.37. The summed E-state index contributed by atoms with van der Waals surface area (Å²) in [5.41, 5.74) is 10.1. The minimum atomic E-state index is -1.02. The molecule has 0 bridgehead atoms. The van der Waals surface area contributed by atoms with E-state index in [0.717, 1.165) is 59.9 Å². The van der Waals surface area contributed by atoms with Gasteiger partial charge < -0.3 is 35.3 Å². The van der Waals surface area contributed by atoms with E-state index in [1.807, 2.05) is 28.8 Å². The number of piperidine rings is 1. The van der Waals surface area contributed by atoms with E-state index in [-0.39, 0.29) is 35.9 Å². The molecule has 2 atom stereocenters. The maximum absolute atomic E-state index is 13.2. The summed E-state index contributed by atoms with van der Waals surface area (Å²) in [6.45, 7) is 5.62. The number of nitrogens with two attached hydrogens (primary N) is 1. The molecule has 3 aromatic heterocycles. The van der Waals surface area contributed by atoms with Gasteiger partial charge in [0.15, 0.2) is 0 Å². The van der Waals surface area contributed by atoms with Gasteiger partial charge in [-0.05, 0) is 68.6 Å². The Hall–Kier alpha value is -6.64. The molecule has 2 saturated heterocycles. The van der Waals surface area contributed by atoms with Gasteiger partial charge in [0.25, 0.3) is 17.7 Å². The van der Waals surface area contributed by atoms with E-state index >= 15 is 0 Å². The Bertz CT molecular complexity index is 2500. The normalized spacial score (nSPS) is 17.5. The molecule has 340 valence electrons. The van der Waals surface area contributed by atoms with Crippen molar-refractivity contribution in [2.75, 3.05) is 88.9 Å². The van der Waals surface area contributed by atoms with Crippen molar-refractivity contribution in [2.24, 2.45) is 0 Å². The number of aromatic nitrogens is 4. The highest BCUT2D eigenvalue weighted by atomic mass is 16.6. The first-order chi connectivity index (χ1) is 31.8. The Morgan fingerprint density at radius 2 is 1.55 bits per heavy atom. The molecule has 6 heterocycles. The number of imide groups is 2. The summed E-state index contributed by atoms with van der Waals surface area (Å²) in [6, 6.07) is 16.6. The van der Waals surface area contributed by atoms with E-state index in [2.05, 4.69) is 30.8 Å². The Morgan fingerprint density at radius 3 is 2.29 bits per heavy atom. The second kappa shape index (κ2) is 21.4. The smallest absolute Gasteiger partial charge is 0.264 e. The quantitative estimate of drug-likeness (QED) is 0.0573. The van der Waals surface area contributed by atoms with Crippen LogP contribution in [-0.2, 0) is 28.5 Å². The molecule has 19 heteroatoms. The topological polar surface area (TPSA) is 234 Å². The molecule has 5 N–H and O–H groups in total. The SMILES string of the molecule is Nc1nccn2c([C@@H]3CCCN3CCCOCCOCCOCCOCCNc3cccc4c3C(=O)N(C3CCC(=O)NC3=O)C4=O)nc(-c3ccc(C(=O)Nc4ccccn4)cc3)c12. The average molecular weight is 889 g/mol. The number of pyridine rings is 1. The van der Waals surface area contributed by atoms with Gasteiger partial charge in [0.05, 0.1) is 63.4 Å². The Labute approximate surface area is 375 Å². The van der Waals surface area contributed by atoms with Crippen molar-refractivity contribution in [1.82, 2.24) is 34.5 Å². The van der Waals surface area contributed by atoms with E-state index in [1.54, 1.807) is 54.9 Å². The zero-order chi connectivity index (χ0) is 45.1. The largest absolute Gasteiger partial charge is 0.382 e. The minimum Gasteiger partial charge on any atom is -0.382 e. The van der Waals surface area contributed by atoms with Gasteiger partial charge in [-0.1, -0.05) is 24.3 Å². The number of carbonyl (C=O) groups excluding carboxylic acids is 5. The molecule has 0 aliphatic carbocycles. The molecular weight excluding hydrogens is 837 g/mol. The van der Waals surface area contributed by atoms with E-state index in [9.17, 15) is 24.0 Å². The van der Waals surface area contributed by atoms with Crippen LogP contribution in [0.4, 0.5) is 17.3 Å². The Kier molecular flexibility index (Phi) is 14.8. The van der Waals surface area contributed by atoms with Crippen molar-refractivity contribution in [3.05, 3.63) is 102 Å². The Morgan fingerprint density at radius 1 is 0.800 bits per heavy atom. The van der Waals surface area contributed by atoms with Crippen LogP contribution in [0.15, 0.2) is 79.3 Å². The number of nitrogens with zero attached hydrogens (tertiary/aromatic N) is 6. The fourth-order valence-corrected chi connectivity index (χ4v) is 8.37. The van der Waals surface area contributed by atoms with Crippen LogP contribution >= 0.6 is 0 Å². The standard InChI is InChI=1S/C46H52N10O9/c47-41-40-39(30-10-12-31(13-11-30)43(58)51-36-9-1-2-16-49-36)53-42(55(40)21-17-50-41)34-8-4-19-54(34)20-5-22-62-24-26-64-28-29-65-27-25-63-23-18-48-33-7-3-6-32-38(33)46(61)56(45(32)60)35-14-15-37(57)52-44(35)59/h1-3,6-7,9-13,16-17,21,34-35,48H,4-5,8,14-15,18-20,22-29H2,(H2,47,50)(H,49,51,58)(H,52,57,59)/t34-,35?/m0/s1. The van der Waals surface area contributed by atoms with Crippen molar-refractivity contribution in [3.8, 4) is 11.3 Å². The number of hydrogen-bond donors (Lipinski definition) is 4. The van der Waals surface area contributed by atoms with Crippen LogP contribution in [0.1, 0.15) is 75.0 Å². The minimum absolute atomic E-state index is 0.0604. The number of nitrogens with one attached hydrogen (secondary N) is 3. The van der Waals surface area contributed by atoms with Gasteiger partial charge in [-0.15, -0.1) is 0 Å². The molecule has 19 nitrogen and oxygen atoms in total. The summed E-state index contributed by atoms with van der Waals surface area (Å²) in [7, 11) is 0. The first kappa shape index (κ1) is 44.9. The maximum Gasteiger partial charge on any atom is 0.264 e. The molecule has 0 radical (unpaired) electrons. The zero-order valence-corrected chi connectivity index (χ0v) is 35.9. The second-order valence-corrected chi connectivity index (χ2v) is 15.7. The number of rotatable bonds is 22. The molecule has 0 spiro atoms. The van der Waals surface area contributed by atoms with Gasteiger partial charge in [0, 0.05) is 61.5 Å². The number of ether oxygens (including phenoxy) is 4. The third-order valence-electron chi connectivity index (χ3n) is 11.5. The van der Waals surface area contributed by atoms with Gasteiger partial charge in [0.2, 0.25) is 11.8 Å². The van der Waals surface area contributed by atoms with Gasteiger partial charge >= 0.3 is 0 Å². The van der Waals surface area contributed by atoms with Gasteiger partial charge in [0.1, 0.15) is 34.7 Å². The van der Waals surface area contributed by atoms with Crippen molar-refractivity contribution in [3.63, 3.8) is 0 Å². The fraction of sp³-hybridized carbons (Fsp3) is 0.391. The summed E-state index contributed by atoms with van der Waals surface area (Å²) >= 11 is 0. The van der Waals surface area contributed by atoms with Crippen LogP contribution < -0.4 is 21.7 Å². The number of imidazole rings is 1. The lowest BCUT2D eigenvalue weighted by Crippen LogP contribution is -2.54. The van der Waals surface area contributed by atoms with Crippen LogP contribution in [0.25, 0.3) is 16.8 Å². The number of hydrogen-bond acceptors (Lipinski definition) is 15. The molecular formula is C46H52N10O9. The number of carbonyl (C=O) groups is 5. The van der Waals surface area contributed by atoms with E-state index in [4.69, 9.17) is 29.7 Å². The lowest BCUT2D eigenvalue weighted by atomic mass is 10.0. The van der Waals surface area contributed by atoms with Crippen molar-refractivity contribution in [1.29, 1.82) is 0 Å². The first-order valence-corrected chi connectivity index (χ1v) is 21.9. The molecule has 5 amide bonds. The number of fused-ring (bicyclic) bond motifs is 2. The van der Waals surface area contributed by atoms with Crippen LogP contribution in [0.3, 0.4) is 0 Å².